The lowest BCUT2D eigenvalue weighted by atomic mass is 9.80. The average Bonchev–Trinajstić information content (AvgIpc) is 3.61. The van der Waals surface area contributed by atoms with E-state index in [-0.39, 0.29) is 47.3 Å². The summed E-state index contributed by atoms with van der Waals surface area (Å²) in [5, 5.41) is 21.6. The van der Waals surface area contributed by atoms with Gasteiger partial charge in [-0.15, -0.1) is 11.3 Å². The third-order valence-electron chi connectivity index (χ3n) is 10.1. The summed E-state index contributed by atoms with van der Waals surface area (Å²) in [6, 6.07) is 5.88. The van der Waals surface area contributed by atoms with E-state index in [0.717, 1.165) is 30.4 Å². The van der Waals surface area contributed by atoms with Gasteiger partial charge in [0.2, 0.25) is 11.8 Å². The van der Waals surface area contributed by atoms with Crippen LogP contribution in [-0.4, -0.2) is 83.0 Å². The Hall–Kier alpha value is -3.35. The number of aromatic nitrogens is 1. The minimum atomic E-state index is -0.903. The predicted octanol–water partition coefficient (Wildman–Crippen LogP) is 6.34. The molecule has 1 heterocycles. The fraction of sp³-hybridized carbons (Fsp3) is 0.675. The first-order chi connectivity index (χ1) is 24.8. The van der Waals surface area contributed by atoms with E-state index in [4.69, 9.17) is 9.72 Å². The lowest BCUT2D eigenvalue weighted by Crippen LogP contribution is -2.58. The molecule has 0 unspecified atom stereocenters. The predicted molar refractivity (Wildman–Crippen MR) is 206 cm³/mol. The van der Waals surface area contributed by atoms with Crippen molar-refractivity contribution in [2.45, 2.75) is 137 Å². The minimum absolute atomic E-state index is 0.0709. The maximum absolute atomic E-state index is 14.6. The molecule has 0 saturated heterocycles. The molecule has 0 spiro atoms. The molecule has 1 aliphatic carbocycles. The van der Waals surface area contributed by atoms with Gasteiger partial charge in [0.15, 0.2) is 0 Å². The number of nitrogens with zero attached hydrogens (tertiary/aromatic N) is 2. The molecule has 7 atom stereocenters. The molecule has 0 aliphatic heterocycles. The van der Waals surface area contributed by atoms with Crippen LogP contribution in [0.15, 0.2) is 29.6 Å². The molecular weight excluding hydrogens is 679 g/mol. The summed E-state index contributed by atoms with van der Waals surface area (Å²) in [5.41, 5.74) is 1.99. The van der Waals surface area contributed by atoms with E-state index in [2.05, 4.69) is 50.6 Å². The van der Waals surface area contributed by atoms with Crippen molar-refractivity contribution < 1.29 is 29.0 Å². The number of aliphatic carboxylic acids is 1. The molecule has 12 heteroatoms. The third-order valence-corrected chi connectivity index (χ3v) is 11.1. The number of ether oxygens (including phenoxy) is 1. The van der Waals surface area contributed by atoms with E-state index in [1.807, 2.05) is 49.9 Å². The molecule has 3 rings (SSSR count). The van der Waals surface area contributed by atoms with Crippen molar-refractivity contribution in [3.63, 3.8) is 0 Å². The Kier molecular flexibility index (Phi) is 17.2. The Morgan fingerprint density at radius 2 is 1.75 bits per heavy atom. The van der Waals surface area contributed by atoms with Crippen molar-refractivity contribution in [3.05, 3.63) is 51.5 Å². The van der Waals surface area contributed by atoms with Crippen molar-refractivity contribution in [2.75, 3.05) is 20.2 Å². The van der Waals surface area contributed by atoms with Gasteiger partial charge in [-0.3, -0.25) is 19.2 Å². The van der Waals surface area contributed by atoms with Crippen LogP contribution < -0.4 is 16.0 Å². The largest absolute Gasteiger partial charge is 0.481 e. The highest BCUT2D eigenvalue weighted by Crippen LogP contribution is 2.34. The van der Waals surface area contributed by atoms with Crippen LogP contribution in [0.3, 0.4) is 0 Å². The molecule has 0 bridgehead atoms. The standard InChI is InChI=1S/C40H63N5O6S/c1-10-17-45(39(48)35(26(8)12-3)44-36(46)31(41-9)19-24(4)5)33(25(6)7)22-34(51-18-11-2)38-43-32(23-52-38)37(47)42-28-20-27-15-13-14-16-29(27)30(21-28)40(49)50/h13-16,23-26,28,30-31,33-35,41H,10-12,17-22H2,1-9H3,(H,42,47)(H,44,46)(H,49,50)/t26-,28-,30+,31-,33+,34+,35-/m0/s1. The Balaban J connectivity index is 1.85. The Morgan fingerprint density at radius 3 is 2.35 bits per heavy atom. The molecule has 0 fully saturated rings. The number of hydrogen-bond donors (Lipinski definition) is 4. The van der Waals surface area contributed by atoms with Crippen LogP contribution in [0.25, 0.3) is 0 Å². The van der Waals surface area contributed by atoms with Crippen molar-refractivity contribution in [3.8, 4) is 0 Å². The van der Waals surface area contributed by atoms with E-state index < -0.39 is 30.1 Å². The van der Waals surface area contributed by atoms with E-state index in [0.29, 0.717) is 49.8 Å². The van der Waals surface area contributed by atoms with Gasteiger partial charge >= 0.3 is 5.97 Å². The first-order valence-electron chi connectivity index (χ1n) is 19.2. The fourth-order valence-electron chi connectivity index (χ4n) is 7.07. The topological polar surface area (TPSA) is 150 Å². The summed E-state index contributed by atoms with van der Waals surface area (Å²) in [4.78, 5) is 60.3. The Bertz CT molecular complexity index is 1460. The maximum atomic E-state index is 14.6. The molecule has 1 aromatic carbocycles. The van der Waals surface area contributed by atoms with Crippen LogP contribution in [0, 0.1) is 17.8 Å². The van der Waals surface area contributed by atoms with Gasteiger partial charge in [-0.25, -0.2) is 4.98 Å². The van der Waals surface area contributed by atoms with Gasteiger partial charge < -0.3 is 30.7 Å². The first kappa shape index (κ1) is 43.1. The van der Waals surface area contributed by atoms with Crippen LogP contribution in [-0.2, 0) is 25.5 Å². The smallest absolute Gasteiger partial charge is 0.311 e. The number of likely N-dealkylation sites (N-methyl/N-ethyl adjacent to an activating group) is 1. The number of hydrogen-bond acceptors (Lipinski definition) is 8. The molecule has 2 aromatic rings. The second kappa shape index (κ2) is 20.8. The number of carboxylic acid groups (broad SMARTS) is 1. The van der Waals surface area contributed by atoms with Crippen LogP contribution in [0.4, 0.5) is 0 Å². The number of carbonyl (C=O) groups is 4. The van der Waals surface area contributed by atoms with Crippen LogP contribution in [0.2, 0.25) is 0 Å². The fourth-order valence-corrected chi connectivity index (χ4v) is 7.92. The van der Waals surface area contributed by atoms with Gasteiger partial charge in [0, 0.05) is 37.0 Å². The number of amides is 3. The maximum Gasteiger partial charge on any atom is 0.311 e. The zero-order chi connectivity index (χ0) is 38.5. The number of carboxylic acids is 1. The zero-order valence-corrected chi connectivity index (χ0v) is 33.6. The SMILES string of the molecule is CCCO[C@H](C[C@H](C(C)C)N(CCC)C(=O)[C@@H](NC(=O)[C@H](CC(C)C)NC)[C@@H](C)CC)c1nc(C(=O)N[C@H]2Cc3ccccc3[C@H](C(=O)O)C2)cs1. The van der Waals surface area contributed by atoms with Crippen molar-refractivity contribution in [2.24, 2.45) is 17.8 Å². The second-order valence-corrected chi connectivity index (χ2v) is 15.9. The van der Waals surface area contributed by atoms with Crippen LogP contribution in [0.5, 0.6) is 0 Å². The van der Waals surface area contributed by atoms with E-state index in [9.17, 15) is 24.3 Å². The molecule has 1 aliphatic rings. The number of nitrogens with one attached hydrogen (secondary N) is 3. The summed E-state index contributed by atoms with van der Waals surface area (Å²) in [7, 11) is 1.78. The van der Waals surface area contributed by atoms with Crippen LogP contribution >= 0.6 is 11.3 Å². The summed E-state index contributed by atoms with van der Waals surface area (Å²) >= 11 is 1.35. The molecule has 0 saturated carbocycles. The minimum Gasteiger partial charge on any atom is -0.481 e. The van der Waals surface area contributed by atoms with Crippen molar-refractivity contribution in [1.29, 1.82) is 0 Å². The molecule has 1 aromatic heterocycles. The zero-order valence-electron chi connectivity index (χ0n) is 32.7. The van der Waals surface area contributed by atoms with Gasteiger partial charge in [-0.2, -0.15) is 0 Å². The molecule has 52 heavy (non-hydrogen) atoms. The number of fused-ring (bicyclic) bond motifs is 1. The highest BCUT2D eigenvalue weighted by atomic mass is 32.1. The quantitative estimate of drug-likeness (QED) is 0.116. The molecule has 0 radical (unpaired) electrons. The summed E-state index contributed by atoms with van der Waals surface area (Å²) in [6.07, 6.45) is 3.81. The highest BCUT2D eigenvalue weighted by Gasteiger charge is 2.38. The third kappa shape index (κ3) is 11.6. The molecular formula is C40H63N5O6S. The lowest BCUT2D eigenvalue weighted by Gasteiger charge is -2.39. The van der Waals surface area contributed by atoms with E-state index >= 15 is 0 Å². The number of carbonyl (C=O) groups excluding carboxylic acids is 3. The normalized spacial score (nSPS) is 18.6. The van der Waals surface area contributed by atoms with Crippen molar-refractivity contribution >= 4 is 35.0 Å². The number of thiazole rings is 1. The van der Waals surface area contributed by atoms with Gasteiger partial charge in [0.25, 0.3) is 5.91 Å². The number of rotatable bonds is 21. The molecule has 290 valence electrons. The molecule has 3 amide bonds. The van der Waals surface area contributed by atoms with Crippen LogP contribution in [0.1, 0.15) is 133 Å². The van der Waals surface area contributed by atoms with Gasteiger partial charge in [-0.1, -0.05) is 86.1 Å². The molecule has 11 nitrogen and oxygen atoms in total. The Morgan fingerprint density at radius 1 is 1.04 bits per heavy atom. The van der Waals surface area contributed by atoms with Crippen molar-refractivity contribution in [1.82, 2.24) is 25.8 Å². The second-order valence-electron chi connectivity index (χ2n) is 15.1. The van der Waals surface area contributed by atoms with Gasteiger partial charge in [0.1, 0.15) is 22.8 Å². The lowest BCUT2D eigenvalue weighted by molar-refractivity contribution is -0.142. The van der Waals surface area contributed by atoms with E-state index in [1.54, 1.807) is 12.4 Å². The van der Waals surface area contributed by atoms with Gasteiger partial charge in [0.05, 0.1) is 12.0 Å². The van der Waals surface area contributed by atoms with E-state index in [1.165, 1.54) is 11.3 Å². The van der Waals surface area contributed by atoms with Gasteiger partial charge in [-0.05, 0) is 68.0 Å². The summed E-state index contributed by atoms with van der Waals surface area (Å²) in [6.45, 7) is 17.5. The highest BCUT2D eigenvalue weighted by molar-refractivity contribution is 7.09. The summed E-state index contributed by atoms with van der Waals surface area (Å²) in [5.74, 6) is -1.89. The monoisotopic (exact) mass is 741 g/mol. The number of benzene rings is 1. The summed E-state index contributed by atoms with van der Waals surface area (Å²) < 4.78 is 6.40. The Labute approximate surface area is 315 Å². The average molecular weight is 742 g/mol. The molecule has 4 N–H and O–H groups in total. The first-order valence-corrected chi connectivity index (χ1v) is 20.1.